The van der Waals surface area contributed by atoms with Crippen molar-refractivity contribution >= 4 is 31.0 Å². The van der Waals surface area contributed by atoms with E-state index in [2.05, 4.69) is 60.6 Å². The summed E-state index contributed by atoms with van der Waals surface area (Å²) in [6.07, 6.45) is 4.61. The number of para-hydroxylation sites is 1. The van der Waals surface area contributed by atoms with E-state index in [4.69, 9.17) is 0 Å². The first kappa shape index (κ1) is 10.2. The van der Waals surface area contributed by atoms with Gasteiger partial charge in [-0.05, 0) is 63.5 Å². The Labute approximate surface area is 102 Å². The number of nitrogens with zero attached hydrogens (tertiary/aromatic N) is 1. The standard InChI is InChI=1S/C13H13NS2/c1-10-8-13-9-11(2)15-16(13)14(10)12-6-4-3-5-7-12/h3-9H,1-2H3. The second-order valence-electron chi connectivity index (χ2n) is 3.91. The lowest BCUT2D eigenvalue weighted by molar-refractivity contribution is 1.29. The van der Waals surface area contributed by atoms with Gasteiger partial charge in [0.25, 0.3) is 0 Å². The molecule has 2 aliphatic heterocycles. The molecule has 0 spiro atoms. The van der Waals surface area contributed by atoms with E-state index in [-0.39, 0.29) is 9.70 Å². The molecule has 0 saturated carbocycles. The van der Waals surface area contributed by atoms with Crippen molar-refractivity contribution in [3.8, 4) is 0 Å². The van der Waals surface area contributed by atoms with E-state index in [0.29, 0.717) is 0 Å². The molecule has 0 radical (unpaired) electrons. The lowest BCUT2D eigenvalue weighted by Crippen LogP contribution is -2.08. The highest BCUT2D eigenvalue weighted by Crippen LogP contribution is 2.53. The summed E-state index contributed by atoms with van der Waals surface area (Å²) in [7, 11) is 2.13. The highest BCUT2D eigenvalue weighted by molar-refractivity contribution is 8.86. The van der Waals surface area contributed by atoms with Gasteiger partial charge in [-0.25, -0.2) is 0 Å². The van der Waals surface area contributed by atoms with E-state index < -0.39 is 0 Å². The quantitative estimate of drug-likeness (QED) is 0.536. The summed E-state index contributed by atoms with van der Waals surface area (Å²) in [6.45, 7) is 4.38. The summed E-state index contributed by atoms with van der Waals surface area (Å²) in [5.41, 5.74) is 2.64. The van der Waals surface area contributed by atoms with E-state index in [9.17, 15) is 0 Å². The minimum absolute atomic E-state index is 0.165. The zero-order chi connectivity index (χ0) is 11.1. The summed E-state index contributed by atoms with van der Waals surface area (Å²) < 4.78 is 2.44. The van der Waals surface area contributed by atoms with Gasteiger partial charge in [0.1, 0.15) is 0 Å². The fourth-order valence-electron chi connectivity index (χ4n) is 1.94. The second kappa shape index (κ2) is 3.82. The molecular formula is C13H13NS2. The SMILES string of the molecule is CC1=CC2=S(S1)N(c1ccccc1)C(C)=C2. The lowest BCUT2D eigenvalue weighted by atomic mass is 10.3. The van der Waals surface area contributed by atoms with Crippen LogP contribution in [-0.4, -0.2) is 4.86 Å². The van der Waals surface area contributed by atoms with Gasteiger partial charge in [0.05, 0.1) is 5.69 Å². The molecule has 0 amide bonds. The molecule has 0 aliphatic carbocycles. The van der Waals surface area contributed by atoms with Gasteiger partial charge in [-0.15, -0.1) is 0 Å². The van der Waals surface area contributed by atoms with Crippen LogP contribution in [0, 0.1) is 0 Å². The van der Waals surface area contributed by atoms with Gasteiger partial charge in [0, 0.05) is 10.6 Å². The molecule has 0 saturated heterocycles. The second-order valence-corrected chi connectivity index (χ2v) is 7.50. The monoisotopic (exact) mass is 247 g/mol. The largest absolute Gasteiger partial charge is 0.285 e. The maximum Gasteiger partial charge on any atom is 0.0524 e. The first-order chi connectivity index (χ1) is 7.75. The van der Waals surface area contributed by atoms with Crippen LogP contribution >= 0.6 is 20.5 Å². The van der Waals surface area contributed by atoms with Crippen LogP contribution in [0.4, 0.5) is 5.69 Å². The molecule has 1 aromatic rings. The van der Waals surface area contributed by atoms with Crippen LogP contribution in [0.5, 0.6) is 0 Å². The van der Waals surface area contributed by atoms with Crippen LogP contribution in [-0.2, 0) is 0 Å². The van der Waals surface area contributed by atoms with Crippen molar-refractivity contribution in [3.05, 3.63) is 53.1 Å². The predicted molar refractivity (Wildman–Crippen MR) is 76.6 cm³/mol. The van der Waals surface area contributed by atoms with Gasteiger partial charge in [-0.2, -0.15) is 0 Å². The van der Waals surface area contributed by atoms with Crippen LogP contribution in [0.25, 0.3) is 0 Å². The van der Waals surface area contributed by atoms with E-state index >= 15 is 0 Å². The van der Waals surface area contributed by atoms with Crippen molar-refractivity contribution in [2.24, 2.45) is 0 Å². The van der Waals surface area contributed by atoms with Crippen molar-refractivity contribution in [1.29, 1.82) is 0 Å². The Morgan fingerprint density at radius 1 is 1.06 bits per heavy atom. The maximum atomic E-state index is 2.44. The molecule has 82 valence electrons. The molecule has 2 heterocycles. The molecule has 0 aromatic heterocycles. The van der Waals surface area contributed by atoms with Gasteiger partial charge >= 0.3 is 0 Å². The van der Waals surface area contributed by atoms with E-state index in [1.807, 2.05) is 10.8 Å². The highest BCUT2D eigenvalue weighted by Gasteiger charge is 2.25. The van der Waals surface area contributed by atoms with Gasteiger partial charge in [-0.1, -0.05) is 18.2 Å². The molecule has 3 rings (SSSR count). The molecule has 0 bridgehead atoms. The number of allylic oxidation sites excluding steroid dienone is 4. The third-order valence-electron chi connectivity index (χ3n) is 2.59. The summed E-state index contributed by atoms with van der Waals surface area (Å²) in [4.78, 5) is 2.88. The Morgan fingerprint density at radius 3 is 2.56 bits per heavy atom. The topological polar surface area (TPSA) is 3.24 Å². The van der Waals surface area contributed by atoms with Crippen molar-refractivity contribution in [2.45, 2.75) is 13.8 Å². The van der Waals surface area contributed by atoms with E-state index in [1.165, 1.54) is 21.2 Å². The molecule has 1 unspecified atom stereocenters. The molecule has 0 N–H and O–H groups in total. The number of hydrogen-bond acceptors (Lipinski definition) is 2. The summed E-state index contributed by atoms with van der Waals surface area (Å²) in [6, 6.07) is 10.6. The van der Waals surface area contributed by atoms with Gasteiger partial charge in [-0.3, -0.25) is 4.31 Å². The number of anilines is 1. The molecule has 1 atom stereocenters. The number of rotatable bonds is 1. The molecular weight excluding hydrogens is 234 g/mol. The van der Waals surface area contributed by atoms with Crippen LogP contribution in [0.2, 0.25) is 0 Å². The van der Waals surface area contributed by atoms with Crippen molar-refractivity contribution in [2.75, 3.05) is 4.31 Å². The first-order valence-corrected chi connectivity index (χ1v) is 7.79. The smallest absolute Gasteiger partial charge is 0.0524 e. The normalized spacial score (nSPS) is 23.2. The summed E-state index contributed by atoms with van der Waals surface area (Å²) in [5.74, 6) is 0. The van der Waals surface area contributed by atoms with Crippen molar-refractivity contribution < 1.29 is 0 Å². The van der Waals surface area contributed by atoms with Crippen LogP contribution in [0.1, 0.15) is 13.8 Å². The Balaban J connectivity index is 2.03. The van der Waals surface area contributed by atoms with Gasteiger partial charge < -0.3 is 0 Å². The Bertz CT molecular complexity index is 526. The van der Waals surface area contributed by atoms with Gasteiger partial charge in [0.2, 0.25) is 0 Å². The van der Waals surface area contributed by atoms with Crippen LogP contribution in [0.15, 0.2) is 53.1 Å². The average Bonchev–Trinajstić information content (AvgIpc) is 2.74. The third kappa shape index (κ3) is 1.55. The Morgan fingerprint density at radius 2 is 1.81 bits per heavy atom. The van der Waals surface area contributed by atoms with Crippen LogP contribution in [0.3, 0.4) is 0 Å². The number of benzene rings is 1. The zero-order valence-electron chi connectivity index (χ0n) is 9.31. The van der Waals surface area contributed by atoms with E-state index in [0.717, 1.165) is 0 Å². The molecule has 0 fully saturated rings. The molecule has 3 heteroatoms. The third-order valence-corrected chi connectivity index (χ3v) is 6.88. The zero-order valence-corrected chi connectivity index (χ0v) is 10.9. The molecule has 1 nitrogen and oxygen atoms in total. The van der Waals surface area contributed by atoms with Crippen LogP contribution < -0.4 is 4.31 Å². The fraction of sp³-hybridized carbons (Fsp3) is 0.154. The molecule has 1 aromatic carbocycles. The van der Waals surface area contributed by atoms with Gasteiger partial charge in [0.15, 0.2) is 0 Å². The molecule has 2 aliphatic rings. The lowest BCUT2D eigenvalue weighted by Gasteiger charge is -2.23. The Hall–Kier alpha value is -0.930. The van der Waals surface area contributed by atoms with Crippen molar-refractivity contribution in [3.63, 3.8) is 0 Å². The highest BCUT2D eigenvalue weighted by atomic mass is 33.1. The summed E-state index contributed by atoms with van der Waals surface area (Å²) in [5, 5.41) is 0. The van der Waals surface area contributed by atoms with E-state index in [1.54, 1.807) is 0 Å². The number of hydrogen-bond donors (Lipinski definition) is 0. The Kier molecular flexibility index (Phi) is 2.45. The first-order valence-electron chi connectivity index (χ1n) is 5.27. The minimum Gasteiger partial charge on any atom is -0.285 e. The summed E-state index contributed by atoms with van der Waals surface area (Å²) >= 11 is 0. The van der Waals surface area contributed by atoms with Crippen molar-refractivity contribution in [1.82, 2.24) is 0 Å². The maximum absolute atomic E-state index is 2.44. The average molecular weight is 247 g/mol. The minimum atomic E-state index is 0.165. The molecule has 16 heavy (non-hydrogen) atoms. The predicted octanol–water partition coefficient (Wildman–Crippen LogP) is 4.33. The fourth-order valence-corrected chi connectivity index (χ4v) is 6.30.